The van der Waals surface area contributed by atoms with Crippen molar-refractivity contribution in [2.45, 2.75) is 18.7 Å². The van der Waals surface area contributed by atoms with Gasteiger partial charge in [-0.3, -0.25) is 0 Å². The minimum atomic E-state index is -3.35. The normalized spacial score (nSPS) is 11.1. The van der Waals surface area contributed by atoms with Crippen LogP contribution in [0.4, 0.5) is 0 Å². The molecule has 0 aliphatic rings. The van der Waals surface area contributed by atoms with Crippen LogP contribution in [0.1, 0.15) is 13.8 Å². The van der Waals surface area contributed by atoms with Crippen molar-refractivity contribution in [1.82, 2.24) is 4.72 Å². The van der Waals surface area contributed by atoms with Crippen LogP contribution in [-0.2, 0) is 10.0 Å². The summed E-state index contributed by atoms with van der Waals surface area (Å²) < 4.78 is 25.8. The van der Waals surface area contributed by atoms with Gasteiger partial charge in [-0.05, 0) is 26.0 Å². The number of nitrogens with one attached hydrogen (secondary N) is 1. The molecule has 0 heterocycles. The van der Waals surface area contributed by atoms with Gasteiger partial charge in [0.1, 0.15) is 0 Å². The molecule has 0 bridgehead atoms. The van der Waals surface area contributed by atoms with Gasteiger partial charge in [0.2, 0.25) is 10.0 Å². The minimum Gasteiger partial charge on any atom is -0.207 e. The van der Waals surface area contributed by atoms with Gasteiger partial charge in [-0.2, -0.15) is 0 Å². The van der Waals surface area contributed by atoms with E-state index in [0.717, 1.165) is 5.57 Å². The Kier molecular flexibility index (Phi) is 4.05. The van der Waals surface area contributed by atoms with Gasteiger partial charge < -0.3 is 0 Å². The third-order valence-corrected chi connectivity index (χ3v) is 3.28. The summed E-state index contributed by atoms with van der Waals surface area (Å²) in [5, 5.41) is 0. The molecular formula is C11H15NO2S. The van der Waals surface area contributed by atoms with Gasteiger partial charge in [-0.1, -0.05) is 29.8 Å². The van der Waals surface area contributed by atoms with Crippen LogP contribution in [0.15, 0.2) is 46.9 Å². The molecule has 3 nitrogen and oxygen atoms in total. The van der Waals surface area contributed by atoms with E-state index in [2.05, 4.69) is 4.72 Å². The van der Waals surface area contributed by atoms with Crippen LogP contribution in [0.5, 0.6) is 0 Å². The SMILES string of the molecule is CC(C)=CCNS(=O)(=O)c1ccccc1. The van der Waals surface area contributed by atoms with Gasteiger partial charge in [-0.15, -0.1) is 0 Å². The molecule has 82 valence electrons. The second-order valence-electron chi connectivity index (χ2n) is 3.45. The molecule has 1 aromatic carbocycles. The van der Waals surface area contributed by atoms with Crippen LogP contribution in [0.25, 0.3) is 0 Å². The smallest absolute Gasteiger partial charge is 0.207 e. The Labute approximate surface area is 90.9 Å². The highest BCUT2D eigenvalue weighted by Gasteiger charge is 2.10. The Bertz CT molecular complexity index is 431. The van der Waals surface area contributed by atoms with Crippen LogP contribution >= 0.6 is 0 Å². The first-order valence-corrected chi connectivity index (χ1v) is 6.19. The molecule has 0 saturated heterocycles. The summed E-state index contributed by atoms with van der Waals surface area (Å²) in [6.07, 6.45) is 1.83. The van der Waals surface area contributed by atoms with Crippen LogP contribution in [0.3, 0.4) is 0 Å². The van der Waals surface area contributed by atoms with E-state index in [1.807, 2.05) is 19.9 Å². The second-order valence-corrected chi connectivity index (χ2v) is 5.21. The highest BCUT2D eigenvalue weighted by molar-refractivity contribution is 7.89. The summed E-state index contributed by atoms with van der Waals surface area (Å²) in [6.45, 7) is 4.19. The molecule has 15 heavy (non-hydrogen) atoms. The first-order valence-electron chi connectivity index (χ1n) is 4.70. The number of rotatable bonds is 4. The molecule has 4 heteroatoms. The van der Waals surface area contributed by atoms with Crippen LogP contribution in [0.2, 0.25) is 0 Å². The van der Waals surface area contributed by atoms with E-state index in [-0.39, 0.29) is 0 Å². The lowest BCUT2D eigenvalue weighted by atomic mass is 10.3. The molecule has 0 aliphatic heterocycles. The zero-order valence-corrected chi connectivity index (χ0v) is 9.71. The van der Waals surface area contributed by atoms with Crippen LogP contribution in [-0.4, -0.2) is 15.0 Å². The van der Waals surface area contributed by atoms with E-state index in [0.29, 0.717) is 11.4 Å². The van der Waals surface area contributed by atoms with Gasteiger partial charge in [0, 0.05) is 6.54 Å². The van der Waals surface area contributed by atoms with E-state index in [1.54, 1.807) is 30.3 Å². The Morgan fingerprint density at radius 2 is 1.87 bits per heavy atom. The number of benzene rings is 1. The van der Waals surface area contributed by atoms with Crippen molar-refractivity contribution in [1.29, 1.82) is 0 Å². The van der Waals surface area contributed by atoms with Crippen molar-refractivity contribution in [3.05, 3.63) is 42.0 Å². The van der Waals surface area contributed by atoms with Crippen LogP contribution < -0.4 is 4.72 Å². The molecule has 0 aliphatic carbocycles. The van der Waals surface area contributed by atoms with Crippen molar-refractivity contribution >= 4 is 10.0 Å². The molecule has 0 atom stereocenters. The van der Waals surface area contributed by atoms with E-state index in [9.17, 15) is 8.42 Å². The van der Waals surface area contributed by atoms with Crippen molar-refractivity contribution in [3.63, 3.8) is 0 Å². The zero-order valence-electron chi connectivity index (χ0n) is 8.90. The Morgan fingerprint density at radius 1 is 1.27 bits per heavy atom. The molecule has 0 spiro atoms. The van der Waals surface area contributed by atoms with Crippen molar-refractivity contribution in [2.24, 2.45) is 0 Å². The lowest BCUT2D eigenvalue weighted by Gasteiger charge is -2.03. The lowest BCUT2D eigenvalue weighted by Crippen LogP contribution is -2.23. The fourth-order valence-electron chi connectivity index (χ4n) is 1.04. The first kappa shape index (κ1) is 11.9. The fraction of sp³-hybridized carbons (Fsp3) is 0.273. The Balaban J connectivity index is 2.73. The van der Waals surface area contributed by atoms with E-state index < -0.39 is 10.0 Å². The fourth-order valence-corrected chi connectivity index (χ4v) is 2.02. The third-order valence-electron chi connectivity index (χ3n) is 1.84. The lowest BCUT2D eigenvalue weighted by molar-refractivity contribution is 0.585. The highest BCUT2D eigenvalue weighted by atomic mass is 32.2. The predicted molar refractivity (Wildman–Crippen MR) is 61.1 cm³/mol. The van der Waals surface area contributed by atoms with Crippen molar-refractivity contribution < 1.29 is 8.42 Å². The van der Waals surface area contributed by atoms with Gasteiger partial charge in [0.05, 0.1) is 4.90 Å². The number of sulfonamides is 1. The summed E-state index contributed by atoms with van der Waals surface area (Å²) in [5.74, 6) is 0. The molecule has 0 amide bonds. The summed E-state index contributed by atoms with van der Waals surface area (Å²) in [4.78, 5) is 0.298. The largest absolute Gasteiger partial charge is 0.240 e. The quantitative estimate of drug-likeness (QED) is 0.796. The summed E-state index contributed by atoms with van der Waals surface area (Å²) in [7, 11) is -3.35. The van der Waals surface area contributed by atoms with E-state index >= 15 is 0 Å². The standard InChI is InChI=1S/C11H15NO2S/c1-10(2)8-9-12-15(13,14)11-6-4-3-5-7-11/h3-8,12H,9H2,1-2H3. The van der Waals surface area contributed by atoms with Crippen LogP contribution in [0, 0.1) is 0 Å². The van der Waals surface area contributed by atoms with Gasteiger partial charge in [0.25, 0.3) is 0 Å². The molecule has 1 aromatic rings. The Morgan fingerprint density at radius 3 is 2.40 bits per heavy atom. The molecule has 1 rings (SSSR count). The summed E-state index contributed by atoms with van der Waals surface area (Å²) >= 11 is 0. The van der Waals surface area contributed by atoms with Crippen molar-refractivity contribution in [2.75, 3.05) is 6.54 Å². The zero-order chi connectivity index (χ0) is 11.3. The number of hydrogen-bond acceptors (Lipinski definition) is 2. The second kappa shape index (κ2) is 5.09. The maximum Gasteiger partial charge on any atom is 0.240 e. The maximum absolute atomic E-state index is 11.7. The first-order chi connectivity index (χ1) is 7.02. The summed E-state index contributed by atoms with van der Waals surface area (Å²) in [5.41, 5.74) is 1.09. The molecule has 1 N–H and O–H groups in total. The monoisotopic (exact) mass is 225 g/mol. The predicted octanol–water partition coefficient (Wildman–Crippen LogP) is 1.93. The Hall–Kier alpha value is -1.13. The van der Waals surface area contributed by atoms with Gasteiger partial charge >= 0.3 is 0 Å². The average Bonchev–Trinajstić information content (AvgIpc) is 2.18. The molecule has 0 aromatic heterocycles. The molecular weight excluding hydrogens is 210 g/mol. The van der Waals surface area contributed by atoms with Gasteiger partial charge in [0.15, 0.2) is 0 Å². The van der Waals surface area contributed by atoms with Crippen molar-refractivity contribution in [3.8, 4) is 0 Å². The van der Waals surface area contributed by atoms with Gasteiger partial charge in [-0.25, -0.2) is 13.1 Å². The highest BCUT2D eigenvalue weighted by Crippen LogP contribution is 2.06. The molecule has 0 fully saturated rings. The summed E-state index contributed by atoms with van der Waals surface area (Å²) in [6, 6.07) is 8.34. The maximum atomic E-state index is 11.7. The number of allylic oxidation sites excluding steroid dienone is 1. The third kappa shape index (κ3) is 3.85. The minimum absolute atomic E-state index is 0.298. The molecule has 0 radical (unpaired) electrons. The number of hydrogen-bond donors (Lipinski definition) is 1. The van der Waals surface area contributed by atoms with E-state index in [4.69, 9.17) is 0 Å². The topological polar surface area (TPSA) is 46.2 Å². The average molecular weight is 225 g/mol. The molecule has 0 unspecified atom stereocenters. The van der Waals surface area contributed by atoms with E-state index in [1.165, 1.54) is 0 Å². The molecule has 0 saturated carbocycles.